The number of aliphatic hydroxyl groups is 6. The number of aliphatic hydroxyl groups excluding tert-OH is 5. The Morgan fingerprint density at radius 2 is 0.683 bits per heavy atom. The normalized spacial score (nSPS) is 20.1. The van der Waals surface area contributed by atoms with Crippen LogP contribution < -0.4 is 33.2 Å². The van der Waals surface area contributed by atoms with Gasteiger partial charge in [0.2, 0.25) is 0 Å². The van der Waals surface area contributed by atoms with E-state index in [-0.39, 0.29) is 37.1 Å². The third-order valence-electron chi connectivity index (χ3n) is 31.6. The van der Waals surface area contributed by atoms with Crippen molar-refractivity contribution in [3.05, 3.63) is 215 Å². The molecule has 0 saturated heterocycles. The average Bonchev–Trinajstić information content (AvgIpc) is 1.71. The second kappa shape index (κ2) is 66.5. The van der Waals surface area contributed by atoms with Gasteiger partial charge >= 0.3 is 0 Å². The fourth-order valence-corrected chi connectivity index (χ4v) is 22.1. The quantitative estimate of drug-likeness (QED) is 0.0212. The Hall–Kier alpha value is -7.36. The fourth-order valence-electron chi connectivity index (χ4n) is 22.1. The minimum atomic E-state index is -1.15. The van der Waals surface area contributed by atoms with Gasteiger partial charge in [0, 0.05) is 12.5 Å². The fraction of sp³-hybridized carbons (Fsp3) is 0.651. The summed E-state index contributed by atoms with van der Waals surface area (Å²) >= 11 is 0. The van der Waals surface area contributed by atoms with Crippen LogP contribution in [0.1, 0.15) is 434 Å². The van der Waals surface area contributed by atoms with Crippen molar-refractivity contribution < 1.29 is 63.8 Å². The summed E-state index contributed by atoms with van der Waals surface area (Å²) in [4.78, 5) is 0. The van der Waals surface area contributed by atoms with Crippen LogP contribution in [0.2, 0.25) is 0 Å². The predicted octanol–water partition coefficient (Wildman–Crippen LogP) is 32.9. The Bertz CT molecular complexity index is 4190. The Morgan fingerprint density at radius 3 is 1.04 bits per heavy atom. The third kappa shape index (κ3) is 42.5. The van der Waals surface area contributed by atoms with Crippen molar-refractivity contribution in [1.29, 1.82) is 0 Å². The van der Waals surface area contributed by atoms with E-state index in [0.29, 0.717) is 30.1 Å². The van der Waals surface area contributed by atoms with Gasteiger partial charge in [-0.25, -0.2) is 0 Å². The van der Waals surface area contributed by atoms with Crippen LogP contribution in [0.3, 0.4) is 0 Å². The summed E-state index contributed by atoms with van der Waals surface area (Å²) < 4.78 is 41.8. The molecule has 13 nitrogen and oxygen atoms in total. The topological polar surface area (TPSA) is 186 Å². The van der Waals surface area contributed by atoms with Crippen LogP contribution >= 0.6 is 0 Å². The lowest BCUT2D eigenvalue weighted by atomic mass is 9.89. The molecule has 0 spiro atoms. The summed E-state index contributed by atoms with van der Waals surface area (Å²) in [6.45, 7) is 31.4. The summed E-state index contributed by atoms with van der Waals surface area (Å²) in [6, 6.07) is 56.9. The molecule has 15 rings (SSSR count). The Labute approximate surface area is 844 Å². The predicted molar refractivity (Wildman–Crippen MR) is 579 cm³/mol. The van der Waals surface area contributed by atoms with Crippen molar-refractivity contribution in [2.24, 2.45) is 65.1 Å². The number of ether oxygens (including phenoxy) is 7. The van der Waals surface area contributed by atoms with E-state index in [4.69, 9.17) is 33.2 Å². The second-order valence-corrected chi connectivity index (χ2v) is 43.2. The van der Waals surface area contributed by atoms with Gasteiger partial charge in [-0.1, -0.05) is 328 Å². The monoisotopic (exact) mass is 1910 g/mol. The van der Waals surface area contributed by atoms with Crippen molar-refractivity contribution in [2.75, 3.05) is 59.5 Å². The molecule has 7 aromatic carbocycles. The molecule has 774 valence electrons. The van der Waals surface area contributed by atoms with Gasteiger partial charge in [0.05, 0.1) is 71.2 Å². The number of rotatable bonds is 44. The minimum absolute atomic E-state index is 0.222. The molecule has 11 atom stereocenters. The molecule has 8 saturated carbocycles. The maximum absolute atomic E-state index is 10.5. The molecule has 2 bridgehead atoms. The molecule has 8 aliphatic rings. The van der Waals surface area contributed by atoms with Gasteiger partial charge in [0.15, 0.2) is 0 Å². The van der Waals surface area contributed by atoms with Crippen molar-refractivity contribution in [3.63, 3.8) is 0 Å². The second-order valence-electron chi connectivity index (χ2n) is 43.2. The zero-order chi connectivity index (χ0) is 99.0. The van der Waals surface area contributed by atoms with E-state index in [1.165, 1.54) is 253 Å². The first kappa shape index (κ1) is 115. The van der Waals surface area contributed by atoms with Crippen LogP contribution in [0.5, 0.6) is 40.2 Å². The molecule has 7 unspecified atom stereocenters. The summed E-state index contributed by atoms with van der Waals surface area (Å²) in [5.74, 6) is 15.0. The summed E-state index contributed by atoms with van der Waals surface area (Å²) in [6.07, 6.45) is 56.8. The molecule has 0 heterocycles. The van der Waals surface area contributed by atoms with Gasteiger partial charge in [-0.05, 0) is 329 Å². The van der Waals surface area contributed by atoms with E-state index in [0.717, 1.165) is 202 Å². The van der Waals surface area contributed by atoms with Crippen LogP contribution in [0, 0.1) is 65.1 Å². The van der Waals surface area contributed by atoms with Crippen molar-refractivity contribution >= 4 is 5.57 Å². The molecule has 0 radical (unpaired) electrons. The molecule has 7 aromatic rings. The first-order valence-electron chi connectivity index (χ1n) is 56.5. The highest BCUT2D eigenvalue weighted by Gasteiger charge is 2.40. The Balaban J connectivity index is 0.000000181. The third-order valence-corrected chi connectivity index (χ3v) is 31.6. The van der Waals surface area contributed by atoms with E-state index in [2.05, 4.69) is 130 Å². The first-order valence-corrected chi connectivity index (χ1v) is 56.5. The maximum Gasteiger partial charge on any atom is 0.119 e. The smallest absolute Gasteiger partial charge is 0.119 e. The molecule has 13 heteroatoms. The Kier molecular flexibility index (Phi) is 55.2. The number of fused-ring (bicyclic) bond motifs is 2. The van der Waals surface area contributed by atoms with Crippen LogP contribution in [-0.2, 0) is 5.60 Å². The highest BCUT2D eigenvalue weighted by atomic mass is 16.5. The van der Waals surface area contributed by atoms with Crippen LogP contribution in [0.15, 0.2) is 176 Å². The van der Waals surface area contributed by atoms with Gasteiger partial charge in [0.25, 0.3) is 0 Å². The van der Waals surface area contributed by atoms with E-state index >= 15 is 0 Å². The summed E-state index contributed by atoms with van der Waals surface area (Å²) in [5, 5.41) is 60.1. The number of benzene rings is 7. The highest BCUT2D eigenvalue weighted by Crippen LogP contribution is 2.49. The van der Waals surface area contributed by atoms with Crippen LogP contribution in [0.25, 0.3) is 5.57 Å². The lowest BCUT2D eigenvalue weighted by Crippen LogP contribution is -2.30. The van der Waals surface area contributed by atoms with Gasteiger partial charge in [-0.3, -0.25) is 0 Å². The standard InChI is InChI=1S/C18H28O3.C18H26O2.3C18H28O2.C18H28O.C18H26O/c1-2-11-18(20,14-19)16-9-6-10-17(12-16)21-13-15-7-4-3-5-8-15;1-2-4-18(19)15-5-3-6-17(11-15)20-12-16-10-13-7-8-14(16)9-13;2*1-3-14(2)18(19)16-10-7-11-17(12-16)20-13-15-8-5-4-6-9-15;1-2-7-17(13-19)16-10-6-11-18(12-16)20-14-15-8-4-3-5-9-15;2*1-3-8-15(2)17-11-7-12-18(13-17)19-14-16-9-5-4-6-10-16/h6,9-10,12,15,19-20H,2-5,7-8,11,13-14H2,1H3;3,5-6,11,13-14,16,18-19H,2,4,7-10,12H2,1H3;2*7,10-12,14-15,18-19H,3-6,8-9,13H2,1-2H3;6,10-12,15,17,19H,2-5,7-9,13-14H2,1H3;7,11-13,15-16H,3-6,8-10,14H2,1-2H3;7,11-13,16H,2-6,8-10,14H2,1H3/t;;14-,18+;14-,18-;;;/m..01.../s1. The van der Waals surface area contributed by atoms with E-state index in [1.54, 1.807) is 0 Å². The zero-order valence-corrected chi connectivity index (χ0v) is 88.5. The highest BCUT2D eigenvalue weighted by molar-refractivity contribution is 5.64. The van der Waals surface area contributed by atoms with Crippen LogP contribution in [0.4, 0.5) is 0 Å². The molecule has 139 heavy (non-hydrogen) atoms. The van der Waals surface area contributed by atoms with Crippen molar-refractivity contribution in [2.45, 2.75) is 400 Å². The molecule has 8 aliphatic carbocycles. The van der Waals surface area contributed by atoms with Gasteiger partial charge < -0.3 is 63.8 Å². The minimum Gasteiger partial charge on any atom is -0.493 e. The van der Waals surface area contributed by atoms with Crippen molar-refractivity contribution in [1.82, 2.24) is 0 Å². The summed E-state index contributed by atoms with van der Waals surface area (Å²) in [7, 11) is 0. The number of allylic oxidation sites excluding steroid dienone is 1. The molecule has 6 N–H and O–H groups in total. The Morgan fingerprint density at radius 1 is 0.345 bits per heavy atom. The largest absolute Gasteiger partial charge is 0.493 e. The zero-order valence-electron chi connectivity index (χ0n) is 88.5. The number of hydrogen-bond acceptors (Lipinski definition) is 13. The molecule has 8 fully saturated rings. The van der Waals surface area contributed by atoms with E-state index in [1.807, 2.05) is 116 Å². The van der Waals surface area contributed by atoms with E-state index in [9.17, 15) is 30.6 Å². The maximum atomic E-state index is 10.5. The van der Waals surface area contributed by atoms with Crippen LogP contribution in [-0.4, -0.2) is 90.1 Å². The molecule has 0 aromatic heterocycles. The van der Waals surface area contributed by atoms with Crippen molar-refractivity contribution in [3.8, 4) is 40.2 Å². The van der Waals surface area contributed by atoms with E-state index < -0.39 is 17.8 Å². The molecule has 0 aliphatic heterocycles. The first-order chi connectivity index (χ1) is 67.8. The van der Waals surface area contributed by atoms with Gasteiger partial charge in [-0.2, -0.15) is 0 Å². The summed E-state index contributed by atoms with van der Waals surface area (Å²) in [5.41, 5.74) is 7.58. The van der Waals surface area contributed by atoms with Gasteiger partial charge in [-0.15, -0.1) is 0 Å². The molecular formula is C126H192O13. The average molecular weight is 1910 g/mol. The SMILES string of the molecule is C=C(CCC)c1cccc(OCC2CCCCC2)c1.CCCC(C)c1cccc(OCC2CCCCC2)c1.CCCC(CO)c1cccc(OCC2CCCCC2)c1.CCCC(O)(CO)c1cccc(OCC2CCCCC2)c1.CCCC(O)c1cccc(OCC2CC3CCC2C3)c1.CC[C@@H](C)[C@@H](O)c1cccc(OCC2CCCCC2)c1.CC[C@H](C)[C@@H](O)c1cccc(OCC2CCCCC2)c1. The molecular weight excluding hydrogens is 1720 g/mol. The van der Waals surface area contributed by atoms with Gasteiger partial charge in [0.1, 0.15) is 45.8 Å². The number of hydrogen-bond donors (Lipinski definition) is 6. The lowest BCUT2D eigenvalue weighted by molar-refractivity contribution is -0.0268. The lowest BCUT2D eigenvalue weighted by Gasteiger charge is -2.27. The molecule has 0 amide bonds.